The highest BCUT2D eigenvalue weighted by atomic mass is 16.6. The minimum atomic E-state index is -1.26. The standard InChI is InChI=1S/C20H22N2O4/c1-19(2,3)26-18(25)22-16-10-5-4-9-15(16)20(13-23,17(22)24)12-14-8-6-7-11-21-14/h4-11,23H,12-13H2,1-3H3/t20-/m1/s1. The molecule has 136 valence electrons. The summed E-state index contributed by atoms with van der Waals surface area (Å²) in [6, 6.07) is 12.4. The maximum absolute atomic E-state index is 13.3. The summed E-state index contributed by atoms with van der Waals surface area (Å²) >= 11 is 0. The lowest BCUT2D eigenvalue weighted by Crippen LogP contribution is -2.48. The van der Waals surface area contributed by atoms with Crippen LogP contribution in [0.2, 0.25) is 0 Å². The van der Waals surface area contributed by atoms with Gasteiger partial charge in [0.1, 0.15) is 11.0 Å². The predicted molar refractivity (Wildman–Crippen MR) is 96.9 cm³/mol. The Balaban J connectivity index is 2.07. The van der Waals surface area contributed by atoms with E-state index in [1.807, 2.05) is 6.07 Å². The van der Waals surface area contributed by atoms with Crippen LogP contribution in [0, 0.1) is 0 Å². The van der Waals surface area contributed by atoms with Gasteiger partial charge in [-0.1, -0.05) is 24.3 Å². The molecule has 2 heterocycles. The molecule has 0 aliphatic carbocycles. The first-order valence-electron chi connectivity index (χ1n) is 8.46. The number of aliphatic hydroxyl groups is 1. The number of amides is 2. The number of rotatable bonds is 3. The van der Waals surface area contributed by atoms with E-state index in [1.54, 1.807) is 63.4 Å². The van der Waals surface area contributed by atoms with E-state index in [4.69, 9.17) is 4.74 Å². The van der Waals surface area contributed by atoms with E-state index >= 15 is 0 Å². The van der Waals surface area contributed by atoms with E-state index in [2.05, 4.69) is 4.98 Å². The zero-order valence-corrected chi connectivity index (χ0v) is 15.1. The molecule has 0 radical (unpaired) electrons. The molecule has 1 aliphatic heterocycles. The van der Waals surface area contributed by atoms with E-state index in [0.717, 1.165) is 4.90 Å². The zero-order valence-electron chi connectivity index (χ0n) is 15.1. The van der Waals surface area contributed by atoms with Gasteiger partial charge >= 0.3 is 6.09 Å². The van der Waals surface area contributed by atoms with Crippen LogP contribution in [0.1, 0.15) is 32.0 Å². The third kappa shape index (κ3) is 3.08. The number of aromatic nitrogens is 1. The summed E-state index contributed by atoms with van der Waals surface area (Å²) in [5, 5.41) is 10.2. The lowest BCUT2D eigenvalue weighted by atomic mass is 9.78. The Labute approximate surface area is 152 Å². The topological polar surface area (TPSA) is 79.7 Å². The average molecular weight is 354 g/mol. The first kappa shape index (κ1) is 18.1. The van der Waals surface area contributed by atoms with Crippen LogP contribution < -0.4 is 4.90 Å². The Morgan fingerprint density at radius 3 is 2.50 bits per heavy atom. The number of benzene rings is 1. The van der Waals surface area contributed by atoms with Gasteiger partial charge in [-0.05, 0) is 44.5 Å². The van der Waals surface area contributed by atoms with E-state index in [9.17, 15) is 14.7 Å². The lowest BCUT2D eigenvalue weighted by molar-refractivity contribution is -0.124. The van der Waals surface area contributed by atoms with Crippen LogP contribution in [0.5, 0.6) is 0 Å². The predicted octanol–water partition coefficient (Wildman–Crippen LogP) is 2.84. The van der Waals surface area contributed by atoms with Crippen molar-refractivity contribution < 1.29 is 19.4 Å². The molecule has 6 heteroatoms. The second-order valence-corrected chi connectivity index (χ2v) is 7.38. The number of imide groups is 1. The molecule has 2 amide bonds. The number of carbonyl (C=O) groups is 2. The molecule has 1 aromatic carbocycles. The van der Waals surface area contributed by atoms with Gasteiger partial charge in [0.25, 0.3) is 0 Å². The molecular formula is C20H22N2O4. The summed E-state index contributed by atoms with van der Waals surface area (Å²) in [4.78, 5) is 31.3. The Hall–Kier alpha value is -2.73. The number of pyridine rings is 1. The third-order valence-electron chi connectivity index (χ3n) is 4.33. The molecule has 0 bridgehead atoms. The van der Waals surface area contributed by atoms with Crippen LogP contribution in [-0.4, -0.2) is 34.3 Å². The number of aliphatic hydroxyl groups excluding tert-OH is 1. The van der Waals surface area contributed by atoms with Crippen molar-refractivity contribution >= 4 is 17.7 Å². The molecule has 1 N–H and O–H groups in total. The van der Waals surface area contributed by atoms with Crippen molar-refractivity contribution in [3.05, 3.63) is 59.9 Å². The van der Waals surface area contributed by atoms with E-state index in [0.29, 0.717) is 16.9 Å². The van der Waals surface area contributed by atoms with Crippen molar-refractivity contribution in [2.24, 2.45) is 0 Å². The summed E-state index contributed by atoms with van der Waals surface area (Å²) in [6.07, 6.45) is 1.09. The number of para-hydroxylation sites is 1. The molecule has 26 heavy (non-hydrogen) atoms. The van der Waals surface area contributed by atoms with Gasteiger partial charge in [0.05, 0.1) is 12.3 Å². The van der Waals surface area contributed by atoms with Crippen molar-refractivity contribution in [2.75, 3.05) is 11.5 Å². The molecule has 1 aliphatic rings. The molecule has 3 rings (SSSR count). The van der Waals surface area contributed by atoms with Crippen LogP contribution in [0.4, 0.5) is 10.5 Å². The van der Waals surface area contributed by atoms with Crippen LogP contribution in [-0.2, 0) is 21.4 Å². The maximum atomic E-state index is 13.3. The maximum Gasteiger partial charge on any atom is 0.421 e. The molecule has 1 aromatic heterocycles. The largest absolute Gasteiger partial charge is 0.443 e. The highest BCUT2D eigenvalue weighted by Gasteiger charge is 2.53. The van der Waals surface area contributed by atoms with E-state index in [1.165, 1.54) is 0 Å². The van der Waals surface area contributed by atoms with Gasteiger partial charge in [-0.25, -0.2) is 9.69 Å². The van der Waals surface area contributed by atoms with Crippen molar-refractivity contribution in [1.82, 2.24) is 4.98 Å². The fraction of sp³-hybridized carbons (Fsp3) is 0.350. The van der Waals surface area contributed by atoms with E-state index in [-0.39, 0.29) is 6.42 Å². The van der Waals surface area contributed by atoms with Gasteiger partial charge in [-0.3, -0.25) is 9.78 Å². The fourth-order valence-corrected chi connectivity index (χ4v) is 3.19. The number of anilines is 1. The number of ether oxygens (including phenoxy) is 1. The van der Waals surface area contributed by atoms with Gasteiger partial charge in [-0.15, -0.1) is 0 Å². The number of hydrogen-bond donors (Lipinski definition) is 1. The quantitative estimate of drug-likeness (QED) is 0.917. The SMILES string of the molecule is CC(C)(C)OC(=O)N1C(=O)[C@@](CO)(Cc2ccccn2)c2ccccc21. The Bertz CT molecular complexity index is 829. The molecule has 0 fully saturated rings. The Morgan fingerprint density at radius 2 is 1.88 bits per heavy atom. The summed E-state index contributed by atoms with van der Waals surface area (Å²) < 4.78 is 5.41. The van der Waals surface area contributed by atoms with Crippen LogP contribution in [0.25, 0.3) is 0 Å². The molecule has 1 atom stereocenters. The van der Waals surface area contributed by atoms with Gasteiger partial charge in [0.2, 0.25) is 5.91 Å². The molecule has 0 spiro atoms. The van der Waals surface area contributed by atoms with Crippen molar-refractivity contribution in [2.45, 2.75) is 38.2 Å². The number of carbonyl (C=O) groups excluding carboxylic acids is 2. The van der Waals surface area contributed by atoms with Crippen molar-refractivity contribution in [1.29, 1.82) is 0 Å². The number of nitrogens with zero attached hydrogens (tertiary/aromatic N) is 2. The molecule has 0 saturated heterocycles. The molecule has 2 aromatic rings. The summed E-state index contributed by atoms with van der Waals surface area (Å²) in [6.45, 7) is 4.79. The minimum Gasteiger partial charge on any atom is -0.443 e. The van der Waals surface area contributed by atoms with Crippen molar-refractivity contribution in [3.8, 4) is 0 Å². The van der Waals surface area contributed by atoms with Gasteiger partial charge < -0.3 is 9.84 Å². The fourth-order valence-electron chi connectivity index (χ4n) is 3.19. The number of fused-ring (bicyclic) bond motifs is 1. The molecular weight excluding hydrogens is 332 g/mol. The number of hydrogen-bond acceptors (Lipinski definition) is 5. The van der Waals surface area contributed by atoms with Gasteiger partial charge in [-0.2, -0.15) is 0 Å². The van der Waals surface area contributed by atoms with Gasteiger partial charge in [0.15, 0.2) is 0 Å². The normalized spacial score (nSPS) is 19.4. The summed E-state index contributed by atoms with van der Waals surface area (Å²) in [5.74, 6) is -0.499. The van der Waals surface area contributed by atoms with Crippen LogP contribution >= 0.6 is 0 Å². The zero-order chi connectivity index (χ0) is 18.9. The lowest BCUT2D eigenvalue weighted by Gasteiger charge is -2.27. The van der Waals surface area contributed by atoms with Crippen molar-refractivity contribution in [3.63, 3.8) is 0 Å². The van der Waals surface area contributed by atoms with Crippen LogP contribution in [0.3, 0.4) is 0 Å². The summed E-state index contributed by atoms with van der Waals surface area (Å²) in [5.41, 5.74) is -0.295. The highest BCUT2D eigenvalue weighted by Crippen LogP contribution is 2.44. The van der Waals surface area contributed by atoms with E-state index < -0.39 is 29.6 Å². The van der Waals surface area contributed by atoms with Crippen LogP contribution in [0.15, 0.2) is 48.7 Å². The first-order chi connectivity index (χ1) is 12.3. The second kappa shape index (κ2) is 6.53. The third-order valence-corrected chi connectivity index (χ3v) is 4.33. The smallest absolute Gasteiger partial charge is 0.421 e. The highest BCUT2D eigenvalue weighted by molar-refractivity contribution is 6.21. The molecule has 6 nitrogen and oxygen atoms in total. The average Bonchev–Trinajstić information content (AvgIpc) is 2.83. The molecule has 0 saturated carbocycles. The molecule has 0 unspecified atom stereocenters. The van der Waals surface area contributed by atoms with Gasteiger partial charge in [0, 0.05) is 18.3 Å². The first-order valence-corrected chi connectivity index (χ1v) is 8.46. The Kier molecular flexibility index (Phi) is 4.54. The Morgan fingerprint density at radius 1 is 1.19 bits per heavy atom. The second-order valence-electron chi connectivity index (χ2n) is 7.38. The summed E-state index contributed by atoms with van der Waals surface area (Å²) in [7, 11) is 0. The minimum absolute atomic E-state index is 0.194. The monoisotopic (exact) mass is 354 g/mol.